The first-order chi connectivity index (χ1) is 7.33. The van der Waals surface area contributed by atoms with Crippen molar-refractivity contribution in [1.29, 1.82) is 0 Å². The van der Waals surface area contributed by atoms with Crippen molar-refractivity contribution >= 4 is 11.0 Å². The van der Waals surface area contributed by atoms with Crippen LogP contribution in [-0.4, -0.2) is 15.3 Å². The third-order valence-corrected chi connectivity index (χ3v) is 2.07. The molecular weight excluding hydrogens is 196 g/mol. The average Bonchev–Trinajstić information content (AvgIpc) is 2.84. The number of rotatable bonds is 1. The Bertz CT molecular complexity index is 598. The van der Waals surface area contributed by atoms with E-state index in [4.69, 9.17) is 8.83 Å². The SMILES string of the molecule is Oc1ccc2oc(-c3nnco3)cc2c1. The number of hydrogen-bond donors (Lipinski definition) is 1. The summed E-state index contributed by atoms with van der Waals surface area (Å²) in [5.74, 6) is 1.01. The monoisotopic (exact) mass is 202 g/mol. The van der Waals surface area contributed by atoms with Crippen LogP contribution in [0.5, 0.6) is 5.75 Å². The van der Waals surface area contributed by atoms with E-state index < -0.39 is 0 Å². The lowest BCUT2D eigenvalue weighted by atomic mass is 10.2. The maximum Gasteiger partial charge on any atom is 0.283 e. The first-order valence-corrected chi connectivity index (χ1v) is 4.32. The molecule has 0 unspecified atom stereocenters. The molecule has 0 radical (unpaired) electrons. The molecule has 2 heterocycles. The van der Waals surface area contributed by atoms with Crippen LogP contribution in [0.4, 0.5) is 0 Å². The molecule has 0 spiro atoms. The lowest BCUT2D eigenvalue weighted by Gasteiger charge is -1.88. The Morgan fingerprint density at radius 2 is 2.13 bits per heavy atom. The van der Waals surface area contributed by atoms with E-state index in [-0.39, 0.29) is 5.75 Å². The maximum absolute atomic E-state index is 9.28. The molecule has 0 bridgehead atoms. The van der Waals surface area contributed by atoms with Gasteiger partial charge in [0.25, 0.3) is 5.89 Å². The summed E-state index contributed by atoms with van der Waals surface area (Å²) in [6, 6.07) is 6.59. The molecule has 5 heteroatoms. The Hall–Kier alpha value is -2.30. The van der Waals surface area contributed by atoms with Crippen LogP contribution >= 0.6 is 0 Å². The molecule has 15 heavy (non-hydrogen) atoms. The van der Waals surface area contributed by atoms with E-state index in [1.807, 2.05) is 0 Å². The molecule has 5 nitrogen and oxygen atoms in total. The van der Waals surface area contributed by atoms with Gasteiger partial charge < -0.3 is 13.9 Å². The summed E-state index contributed by atoms with van der Waals surface area (Å²) in [4.78, 5) is 0. The number of fused-ring (bicyclic) bond motifs is 1. The van der Waals surface area contributed by atoms with E-state index in [0.29, 0.717) is 17.2 Å². The van der Waals surface area contributed by atoms with E-state index >= 15 is 0 Å². The Morgan fingerprint density at radius 1 is 1.20 bits per heavy atom. The van der Waals surface area contributed by atoms with Gasteiger partial charge in [-0.2, -0.15) is 0 Å². The maximum atomic E-state index is 9.28. The third kappa shape index (κ3) is 1.25. The van der Waals surface area contributed by atoms with Gasteiger partial charge in [-0.1, -0.05) is 0 Å². The number of hydrogen-bond acceptors (Lipinski definition) is 5. The molecule has 3 aromatic rings. The summed E-state index contributed by atoms with van der Waals surface area (Å²) in [5, 5.41) is 17.4. The zero-order valence-electron chi connectivity index (χ0n) is 7.54. The fourth-order valence-electron chi connectivity index (χ4n) is 1.42. The topological polar surface area (TPSA) is 72.3 Å². The number of aromatic nitrogens is 2. The summed E-state index contributed by atoms with van der Waals surface area (Å²) >= 11 is 0. The minimum absolute atomic E-state index is 0.195. The highest BCUT2D eigenvalue weighted by Gasteiger charge is 2.10. The van der Waals surface area contributed by atoms with Crippen LogP contribution in [0.15, 0.2) is 39.5 Å². The zero-order chi connectivity index (χ0) is 10.3. The molecule has 0 aliphatic carbocycles. The van der Waals surface area contributed by atoms with Gasteiger partial charge in [0.05, 0.1) is 0 Å². The standard InChI is InChI=1S/C10H6N2O3/c13-7-1-2-8-6(3-7)4-9(15-8)10-12-11-5-14-10/h1-5,13H. The summed E-state index contributed by atoms with van der Waals surface area (Å²) in [6.45, 7) is 0. The van der Waals surface area contributed by atoms with Crippen LogP contribution in [0.3, 0.4) is 0 Å². The Balaban J connectivity index is 2.22. The van der Waals surface area contributed by atoms with Gasteiger partial charge in [-0.05, 0) is 24.3 Å². The number of furan rings is 1. The van der Waals surface area contributed by atoms with Crippen molar-refractivity contribution in [3.05, 3.63) is 30.7 Å². The van der Waals surface area contributed by atoms with Gasteiger partial charge in [-0.25, -0.2) is 0 Å². The van der Waals surface area contributed by atoms with E-state index in [1.165, 1.54) is 6.39 Å². The molecule has 0 saturated heterocycles. The van der Waals surface area contributed by atoms with Crippen molar-refractivity contribution in [3.63, 3.8) is 0 Å². The summed E-state index contributed by atoms with van der Waals surface area (Å²) in [6.07, 6.45) is 1.24. The Labute approximate surface area is 84.0 Å². The molecule has 1 aromatic carbocycles. The van der Waals surface area contributed by atoms with Crippen molar-refractivity contribution in [3.8, 4) is 17.4 Å². The van der Waals surface area contributed by atoms with Crippen LogP contribution < -0.4 is 0 Å². The second-order valence-electron chi connectivity index (χ2n) is 3.08. The van der Waals surface area contributed by atoms with Gasteiger partial charge >= 0.3 is 0 Å². The van der Waals surface area contributed by atoms with Gasteiger partial charge in [0.2, 0.25) is 6.39 Å². The van der Waals surface area contributed by atoms with Crippen LogP contribution in [0, 0.1) is 0 Å². The normalized spacial score (nSPS) is 10.9. The number of benzene rings is 1. The molecule has 0 fully saturated rings. The second kappa shape index (κ2) is 2.84. The average molecular weight is 202 g/mol. The van der Waals surface area contributed by atoms with Gasteiger partial charge in [-0.15, -0.1) is 10.2 Å². The fraction of sp³-hybridized carbons (Fsp3) is 0. The van der Waals surface area contributed by atoms with Crippen LogP contribution in [-0.2, 0) is 0 Å². The summed E-state index contributed by atoms with van der Waals surface area (Å²) < 4.78 is 10.5. The molecule has 74 valence electrons. The van der Waals surface area contributed by atoms with E-state index in [1.54, 1.807) is 24.3 Å². The molecule has 0 saturated carbocycles. The van der Waals surface area contributed by atoms with Crippen molar-refractivity contribution in [2.45, 2.75) is 0 Å². The quantitative estimate of drug-likeness (QED) is 0.654. The summed E-state index contributed by atoms with van der Waals surface area (Å²) in [7, 11) is 0. The lowest BCUT2D eigenvalue weighted by Crippen LogP contribution is -1.71. The number of phenols is 1. The molecular formula is C10H6N2O3. The largest absolute Gasteiger partial charge is 0.508 e. The smallest absolute Gasteiger partial charge is 0.283 e. The fourth-order valence-corrected chi connectivity index (χ4v) is 1.42. The van der Waals surface area contributed by atoms with Crippen molar-refractivity contribution in [1.82, 2.24) is 10.2 Å². The van der Waals surface area contributed by atoms with Crippen LogP contribution in [0.2, 0.25) is 0 Å². The highest BCUT2D eigenvalue weighted by molar-refractivity contribution is 5.82. The number of aromatic hydroxyl groups is 1. The molecule has 1 N–H and O–H groups in total. The highest BCUT2D eigenvalue weighted by Crippen LogP contribution is 2.28. The predicted octanol–water partition coefficient (Wildman–Crippen LogP) is 2.19. The lowest BCUT2D eigenvalue weighted by molar-refractivity contribution is 0.476. The predicted molar refractivity (Wildman–Crippen MR) is 51.2 cm³/mol. The highest BCUT2D eigenvalue weighted by atomic mass is 16.4. The third-order valence-electron chi connectivity index (χ3n) is 2.07. The molecule has 2 aromatic heterocycles. The number of phenolic OH excluding ortho intramolecular Hbond substituents is 1. The van der Waals surface area contributed by atoms with E-state index in [0.717, 1.165) is 5.39 Å². The minimum atomic E-state index is 0.195. The molecule has 0 amide bonds. The molecule has 0 aliphatic rings. The van der Waals surface area contributed by atoms with E-state index in [9.17, 15) is 5.11 Å². The minimum Gasteiger partial charge on any atom is -0.508 e. The molecule has 3 rings (SSSR count). The van der Waals surface area contributed by atoms with Gasteiger partial charge in [0.1, 0.15) is 11.3 Å². The van der Waals surface area contributed by atoms with Crippen molar-refractivity contribution in [2.75, 3.05) is 0 Å². The van der Waals surface area contributed by atoms with Crippen molar-refractivity contribution in [2.24, 2.45) is 0 Å². The first-order valence-electron chi connectivity index (χ1n) is 4.32. The van der Waals surface area contributed by atoms with E-state index in [2.05, 4.69) is 10.2 Å². The first kappa shape index (κ1) is 8.05. The zero-order valence-corrected chi connectivity index (χ0v) is 7.54. The second-order valence-corrected chi connectivity index (χ2v) is 3.08. The Kier molecular flexibility index (Phi) is 1.53. The van der Waals surface area contributed by atoms with Gasteiger partial charge in [0.15, 0.2) is 5.76 Å². The van der Waals surface area contributed by atoms with Gasteiger partial charge in [0, 0.05) is 5.39 Å². The van der Waals surface area contributed by atoms with Crippen LogP contribution in [0.25, 0.3) is 22.6 Å². The van der Waals surface area contributed by atoms with Crippen molar-refractivity contribution < 1.29 is 13.9 Å². The Morgan fingerprint density at radius 3 is 2.93 bits per heavy atom. The molecule has 0 atom stereocenters. The summed E-state index contributed by atoms with van der Waals surface area (Å²) in [5.41, 5.74) is 0.668. The van der Waals surface area contributed by atoms with Crippen LogP contribution in [0.1, 0.15) is 0 Å². The molecule has 0 aliphatic heterocycles. The van der Waals surface area contributed by atoms with Gasteiger partial charge in [-0.3, -0.25) is 0 Å². The number of nitrogens with zero attached hydrogens (tertiary/aromatic N) is 2.